The summed E-state index contributed by atoms with van der Waals surface area (Å²) in [5.41, 5.74) is 0. The van der Waals surface area contributed by atoms with E-state index in [1.54, 1.807) is 0 Å². The van der Waals surface area contributed by atoms with Gasteiger partial charge < -0.3 is 5.32 Å². The first kappa shape index (κ1) is 21.3. The molecule has 0 aromatic heterocycles. The van der Waals surface area contributed by atoms with Crippen LogP contribution < -0.4 is 5.32 Å². The van der Waals surface area contributed by atoms with Gasteiger partial charge in [-0.1, -0.05) is 54.4 Å². The van der Waals surface area contributed by atoms with Gasteiger partial charge in [0.15, 0.2) is 0 Å². The molecule has 1 heteroatoms. The number of hydrogen-bond acceptors (Lipinski definition) is 1. The molecule has 0 aliphatic heterocycles. The fourth-order valence-electron chi connectivity index (χ4n) is 6.36. The van der Waals surface area contributed by atoms with Gasteiger partial charge in [-0.15, -0.1) is 0 Å². The summed E-state index contributed by atoms with van der Waals surface area (Å²) in [6, 6.07) is 1.32. The Morgan fingerprint density at radius 1 is 0.560 bits per heavy atom. The van der Waals surface area contributed by atoms with Crippen molar-refractivity contribution in [2.24, 2.45) is 47.3 Å². The van der Waals surface area contributed by atoms with Crippen LogP contribution in [0, 0.1) is 47.3 Å². The molecule has 1 nitrogen and oxygen atoms in total. The molecule has 0 aromatic rings. The summed E-state index contributed by atoms with van der Waals surface area (Å²) in [4.78, 5) is 0. The maximum Gasteiger partial charge on any atom is 0.00724 e. The number of nitrogens with one attached hydrogen (secondary N) is 1. The van der Waals surface area contributed by atoms with E-state index < -0.39 is 0 Å². The summed E-state index contributed by atoms with van der Waals surface area (Å²) in [5, 5.41) is 4.13. The van der Waals surface area contributed by atoms with Crippen LogP contribution in [0.15, 0.2) is 0 Å². The van der Waals surface area contributed by atoms with Gasteiger partial charge in [-0.3, -0.25) is 0 Å². The molecule has 0 amide bonds. The van der Waals surface area contributed by atoms with Crippen molar-refractivity contribution in [3.8, 4) is 0 Å². The molecule has 0 saturated heterocycles. The standard InChI is InChI=1S/C24H47N/c1-15(2)21-11-9-17(5)13-23(21)19(7)25-20(8)24-14-18(6)10-12-22(24)16(3)4/h15-25H,9-14H2,1-8H3. The molecule has 0 bridgehead atoms. The van der Waals surface area contributed by atoms with E-state index in [-0.39, 0.29) is 0 Å². The lowest BCUT2D eigenvalue weighted by atomic mass is 9.66. The molecule has 0 radical (unpaired) electrons. The maximum atomic E-state index is 4.13. The van der Waals surface area contributed by atoms with Crippen LogP contribution in [0.25, 0.3) is 0 Å². The van der Waals surface area contributed by atoms with Crippen molar-refractivity contribution in [1.82, 2.24) is 5.32 Å². The summed E-state index contributed by atoms with van der Waals surface area (Å²) in [6.45, 7) is 19.7. The molecule has 25 heavy (non-hydrogen) atoms. The highest BCUT2D eigenvalue weighted by atomic mass is 15.0. The lowest BCUT2D eigenvalue weighted by Gasteiger charge is -2.45. The summed E-state index contributed by atoms with van der Waals surface area (Å²) in [6.07, 6.45) is 8.63. The predicted octanol–water partition coefficient (Wildman–Crippen LogP) is 6.77. The van der Waals surface area contributed by atoms with E-state index in [0.717, 1.165) is 47.3 Å². The van der Waals surface area contributed by atoms with Crippen LogP contribution >= 0.6 is 0 Å². The van der Waals surface area contributed by atoms with E-state index in [9.17, 15) is 0 Å². The van der Waals surface area contributed by atoms with Crippen LogP contribution in [0.4, 0.5) is 0 Å². The summed E-state index contributed by atoms with van der Waals surface area (Å²) >= 11 is 0. The Labute approximate surface area is 159 Å². The summed E-state index contributed by atoms with van der Waals surface area (Å²) < 4.78 is 0. The van der Waals surface area contributed by atoms with Gasteiger partial charge in [0, 0.05) is 12.1 Å². The molecular weight excluding hydrogens is 302 g/mol. The second-order valence-corrected chi connectivity index (χ2v) is 10.7. The molecule has 8 unspecified atom stereocenters. The fraction of sp³-hybridized carbons (Fsp3) is 1.00. The Morgan fingerprint density at radius 3 is 1.24 bits per heavy atom. The Bertz CT molecular complexity index is 352. The zero-order valence-corrected chi connectivity index (χ0v) is 18.5. The van der Waals surface area contributed by atoms with Gasteiger partial charge in [-0.25, -0.2) is 0 Å². The highest BCUT2D eigenvalue weighted by Gasteiger charge is 2.38. The second kappa shape index (κ2) is 9.25. The van der Waals surface area contributed by atoms with E-state index in [1.165, 1.54) is 38.5 Å². The van der Waals surface area contributed by atoms with Crippen LogP contribution in [0.5, 0.6) is 0 Å². The van der Waals surface area contributed by atoms with E-state index in [0.29, 0.717) is 12.1 Å². The first-order valence-corrected chi connectivity index (χ1v) is 11.5. The van der Waals surface area contributed by atoms with Crippen LogP contribution in [0.1, 0.15) is 93.9 Å². The van der Waals surface area contributed by atoms with Gasteiger partial charge in [0.2, 0.25) is 0 Å². The summed E-state index contributed by atoms with van der Waals surface area (Å²) in [7, 11) is 0. The van der Waals surface area contributed by atoms with Crippen molar-refractivity contribution in [3.63, 3.8) is 0 Å². The average molecular weight is 350 g/mol. The number of hydrogen-bond donors (Lipinski definition) is 1. The van der Waals surface area contributed by atoms with Gasteiger partial charge in [0.1, 0.15) is 0 Å². The lowest BCUT2D eigenvalue weighted by molar-refractivity contribution is 0.0784. The molecule has 2 aliphatic rings. The molecule has 2 aliphatic carbocycles. The van der Waals surface area contributed by atoms with Gasteiger partial charge in [0.25, 0.3) is 0 Å². The lowest BCUT2D eigenvalue weighted by Crippen LogP contribution is -2.50. The van der Waals surface area contributed by atoms with Crippen molar-refractivity contribution in [2.45, 2.75) is 106 Å². The van der Waals surface area contributed by atoms with Crippen molar-refractivity contribution in [1.29, 1.82) is 0 Å². The average Bonchev–Trinajstić information content (AvgIpc) is 2.53. The third-order valence-corrected chi connectivity index (χ3v) is 7.96. The molecule has 0 heterocycles. The van der Waals surface area contributed by atoms with Crippen molar-refractivity contribution < 1.29 is 0 Å². The zero-order valence-electron chi connectivity index (χ0n) is 18.5. The van der Waals surface area contributed by atoms with Crippen molar-refractivity contribution in [2.75, 3.05) is 0 Å². The van der Waals surface area contributed by atoms with Gasteiger partial charge in [-0.05, 0) is 86.9 Å². The van der Waals surface area contributed by atoms with E-state index in [1.807, 2.05) is 0 Å². The first-order valence-electron chi connectivity index (χ1n) is 11.5. The molecule has 1 N–H and O–H groups in total. The van der Waals surface area contributed by atoms with E-state index in [4.69, 9.17) is 0 Å². The molecule has 0 spiro atoms. The molecule has 8 atom stereocenters. The Morgan fingerprint density at radius 2 is 0.920 bits per heavy atom. The Hall–Kier alpha value is -0.0400. The molecular formula is C24H47N. The smallest absolute Gasteiger partial charge is 0.00724 e. The minimum Gasteiger partial charge on any atom is -0.311 e. The first-order chi connectivity index (χ1) is 11.7. The van der Waals surface area contributed by atoms with Gasteiger partial charge in [-0.2, -0.15) is 0 Å². The van der Waals surface area contributed by atoms with E-state index >= 15 is 0 Å². The third-order valence-electron chi connectivity index (χ3n) is 7.96. The monoisotopic (exact) mass is 349 g/mol. The molecule has 0 aromatic carbocycles. The number of rotatable bonds is 6. The topological polar surface area (TPSA) is 12.0 Å². The van der Waals surface area contributed by atoms with Gasteiger partial charge in [0.05, 0.1) is 0 Å². The van der Waals surface area contributed by atoms with Gasteiger partial charge >= 0.3 is 0 Å². The second-order valence-electron chi connectivity index (χ2n) is 10.7. The normalized spacial score (nSPS) is 39.6. The minimum atomic E-state index is 0.662. The van der Waals surface area contributed by atoms with Crippen LogP contribution in [-0.2, 0) is 0 Å². The highest BCUT2D eigenvalue weighted by molar-refractivity contribution is 4.91. The summed E-state index contributed by atoms with van der Waals surface area (Å²) in [5.74, 6) is 7.05. The van der Waals surface area contributed by atoms with Crippen molar-refractivity contribution >= 4 is 0 Å². The molecule has 2 rings (SSSR count). The Balaban J connectivity index is 2.02. The van der Waals surface area contributed by atoms with Crippen LogP contribution in [0.3, 0.4) is 0 Å². The molecule has 148 valence electrons. The van der Waals surface area contributed by atoms with Crippen molar-refractivity contribution in [3.05, 3.63) is 0 Å². The van der Waals surface area contributed by atoms with Crippen LogP contribution in [-0.4, -0.2) is 12.1 Å². The maximum absolute atomic E-state index is 4.13. The predicted molar refractivity (Wildman–Crippen MR) is 112 cm³/mol. The quantitative estimate of drug-likeness (QED) is 0.558. The third kappa shape index (κ3) is 5.47. The van der Waals surface area contributed by atoms with Crippen LogP contribution in [0.2, 0.25) is 0 Å². The van der Waals surface area contributed by atoms with E-state index in [2.05, 4.69) is 60.7 Å². The molecule has 2 saturated carbocycles. The largest absolute Gasteiger partial charge is 0.311 e. The SMILES string of the molecule is CC1CCC(C(C)C)C(C(C)NC(C)C2CC(C)CCC2C(C)C)C1. The minimum absolute atomic E-state index is 0.662. The zero-order chi connectivity index (χ0) is 18.7. The Kier molecular flexibility index (Phi) is 7.86. The highest BCUT2D eigenvalue weighted by Crippen LogP contribution is 2.42. The molecule has 2 fully saturated rings. The fourth-order valence-corrected chi connectivity index (χ4v) is 6.36.